The topological polar surface area (TPSA) is 78.2 Å². The molecule has 1 aliphatic heterocycles. The number of benzene rings is 1. The minimum absolute atomic E-state index is 0.185. The van der Waals surface area contributed by atoms with E-state index >= 15 is 0 Å². The van der Waals surface area contributed by atoms with E-state index < -0.39 is 15.1 Å². The molecule has 0 aliphatic carbocycles. The molecule has 0 bridgehead atoms. The summed E-state index contributed by atoms with van der Waals surface area (Å²) >= 11 is 0. The van der Waals surface area contributed by atoms with Gasteiger partial charge in [0.25, 0.3) is 5.91 Å². The second-order valence-corrected chi connectivity index (χ2v) is 7.01. The molecule has 100 valence electrons. The van der Waals surface area contributed by atoms with Gasteiger partial charge in [0.05, 0.1) is 16.9 Å². The van der Waals surface area contributed by atoms with E-state index in [1.54, 1.807) is 29.2 Å². The molecule has 1 heterocycles. The summed E-state index contributed by atoms with van der Waals surface area (Å²) in [6.07, 6.45) is 1.69. The summed E-state index contributed by atoms with van der Waals surface area (Å²) in [4.78, 5) is 13.7. The van der Waals surface area contributed by atoms with Gasteiger partial charge in [-0.25, -0.2) is 8.42 Å². The Morgan fingerprint density at radius 2 is 2.00 bits per heavy atom. The van der Waals surface area contributed by atoms with Crippen molar-refractivity contribution in [1.82, 2.24) is 4.90 Å². The monoisotopic (exact) mass is 278 g/mol. The Morgan fingerprint density at radius 1 is 1.37 bits per heavy atom. The minimum atomic E-state index is -3.10. The Morgan fingerprint density at radius 3 is 2.47 bits per heavy atom. The number of amides is 1. The highest BCUT2D eigenvalue weighted by atomic mass is 32.2. The van der Waals surface area contributed by atoms with Gasteiger partial charge < -0.3 is 4.90 Å². The average Bonchev–Trinajstić information content (AvgIpc) is 2.87. The van der Waals surface area contributed by atoms with Crippen LogP contribution in [0.25, 0.3) is 0 Å². The fourth-order valence-corrected chi connectivity index (χ4v) is 3.12. The van der Waals surface area contributed by atoms with Gasteiger partial charge in [-0.2, -0.15) is 5.26 Å². The molecule has 19 heavy (non-hydrogen) atoms. The summed E-state index contributed by atoms with van der Waals surface area (Å²) in [7, 11) is -3.10. The summed E-state index contributed by atoms with van der Waals surface area (Å²) in [5, 5.41) is 8.23. The van der Waals surface area contributed by atoms with E-state index in [-0.39, 0.29) is 12.5 Å². The van der Waals surface area contributed by atoms with Gasteiger partial charge in [-0.1, -0.05) is 0 Å². The van der Waals surface area contributed by atoms with Crippen LogP contribution in [0.15, 0.2) is 24.3 Å². The van der Waals surface area contributed by atoms with Crippen LogP contribution in [-0.4, -0.2) is 43.8 Å². The first kappa shape index (κ1) is 13.6. The van der Waals surface area contributed by atoms with E-state index in [0.29, 0.717) is 24.1 Å². The molecule has 1 fully saturated rings. The van der Waals surface area contributed by atoms with E-state index in [1.165, 1.54) is 6.26 Å². The first-order valence-electron chi connectivity index (χ1n) is 5.90. The SMILES string of the molecule is CS(=O)(=O)[C@@H]1CCN(C(=O)c2ccc(C#N)cc2)C1. The summed E-state index contributed by atoms with van der Waals surface area (Å²) in [6, 6.07) is 8.33. The maximum absolute atomic E-state index is 12.2. The molecule has 0 saturated carbocycles. The molecule has 1 amide bonds. The molecule has 2 rings (SSSR count). The summed E-state index contributed by atoms with van der Waals surface area (Å²) in [6.45, 7) is 0.703. The van der Waals surface area contributed by atoms with E-state index in [9.17, 15) is 13.2 Å². The number of carbonyl (C=O) groups excluding carboxylic acids is 1. The van der Waals surface area contributed by atoms with Gasteiger partial charge in [-0.15, -0.1) is 0 Å². The fourth-order valence-electron chi connectivity index (χ4n) is 2.13. The molecule has 0 radical (unpaired) electrons. The molecule has 0 N–H and O–H groups in total. The number of sulfone groups is 1. The number of nitriles is 1. The first-order chi connectivity index (χ1) is 8.91. The third-order valence-corrected chi connectivity index (χ3v) is 4.89. The lowest BCUT2D eigenvalue weighted by Gasteiger charge is -2.16. The molecule has 0 spiro atoms. The van der Waals surface area contributed by atoms with Gasteiger partial charge in [-0.3, -0.25) is 4.79 Å². The normalized spacial score (nSPS) is 19.2. The van der Waals surface area contributed by atoms with Gasteiger partial charge in [0.1, 0.15) is 0 Å². The Kier molecular flexibility index (Phi) is 3.58. The predicted molar refractivity (Wildman–Crippen MR) is 70.3 cm³/mol. The zero-order valence-corrected chi connectivity index (χ0v) is 11.4. The average molecular weight is 278 g/mol. The minimum Gasteiger partial charge on any atom is -0.337 e. The lowest BCUT2D eigenvalue weighted by molar-refractivity contribution is 0.0793. The lowest BCUT2D eigenvalue weighted by atomic mass is 10.1. The molecular formula is C13H14N2O3S. The zero-order valence-electron chi connectivity index (χ0n) is 10.5. The van der Waals surface area contributed by atoms with Gasteiger partial charge >= 0.3 is 0 Å². The maximum Gasteiger partial charge on any atom is 0.253 e. The number of hydrogen-bond donors (Lipinski definition) is 0. The van der Waals surface area contributed by atoms with Crippen LogP contribution in [0.5, 0.6) is 0 Å². The van der Waals surface area contributed by atoms with Crippen LogP contribution in [0.1, 0.15) is 22.3 Å². The van der Waals surface area contributed by atoms with E-state index in [0.717, 1.165) is 0 Å². The highest BCUT2D eigenvalue weighted by Gasteiger charge is 2.32. The second kappa shape index (κ2) is 5.02. The number of nitrogens with zero attached hydrogens (tertiary/aromatic N) is 2. The van der Waals surface area contributed by atoms with Crippen molar-refractivity contribution < 1.29 is 13.2 Å². The van der Waals surface area contributed by atoms with Crippen LogP contribution in [0, 0.1) is 11.3 Å². The molecule has 0 aromatic heterocycles. The summed E-state index contributed by atoms with van der Waals surface area (Å²) < 4.78 is 22.9. The van der Waals surface area contributed by atoms with E-state index in [4.69, 9.17) is 5.26 Å². The largest absolute Gasteiger partial charge is 0.337 e. The van der Waals surface area contributed by atoms with Crippen LogP contribution in [0.2, 0.25) is 0 Å². The smallest absolute Gasteiger partial charge is 0.253 e. The van der Waals surface area contributed by atoms with Crippen LogP contribution >= 0.6 is 0 Å². The van der Waals surface area contributed by atoms with Crippen molar-refractivity contribution in [3.05, 3.63) is 35.4 Å². The Labute approximate surface area is 112 Å². The van der Waals surface area contributed by atoms with Crippen molar-refractivity contribution in [1.29, 1.82) is 5.26 Å². The molecule has 1 saturated heterocycles. The molecule has 1 aromatic rings. The number of carbonyl (C=O) groups is 1. The van der Waals surface area contributed by atoms with Gasteiger partial charge in [-0.05, 0) is 30.7 Å². The summed E-state index contributed by atoms with van der Waals surface area (Å²) in [5.74, 6) is -0.185. The predicted octanol–water partition coefficient (Wildman–Crippen LogP) is 0.817. The molecule has 1 aromatic carbocycles. The molecule has 1 atom stereocenters. The van der Waals surface area contributed by atoms with Crippen molar-refractivity contribution in [3.8, 4) is 6.07 Å². The number of likely N-dealkylation sites (tertiary alicyclic amines) is 1. The second-order valence-electron chi connectivity index (χ2n) is 4.68. The Hall–Kier alpha value is -1.87. The molecular weight excluding hydrogens is 264 g/mol. The van der Waals surface area contributed by atoms with Crippen LogP contribution in [0.4, 0.5) is 0 Å². The quantitative estimate of drug-likeness (QED) is 0.802. The van der Waals surface area contributed by atoms with Crippen LogP contribution in [0.3, 0.4) is 0 Å². The lowest BCUT2D eigenvalue weighted by Crippen LogP contribution is -2.31. The molecule has 6 heteroatoms. The standard InChI is InChI=1S/C13H14N2O3S/c1-19(17,18)12-6-7-15(9-12)13(16)11-4-2-10(8-14)3-5-11/h2-5,12H,6-7,9H2,1H3/t12-/m1/s1. The fraction of sp³-hybridized carbons (Fsp3) is 0.385. The maximum atomic E-state index is 12.2. The highest BCUT2D eigenvalue weighted by molar-refractivity contribution is 7.91. The molecule has 0 unspecified atom stereocenters. The number of hydrogen-bond acceptors (Lipinski definition) is 4. The first-order valence-corrected chi connectivity index (χ1v) is 7.85. The van der Waals surface area contributed by atoms with Crippen molar-refractivity contribution in [2.24, 2.45) is 0 Å². The Balaban J connectivity index is 2.11. The van der Waals surface area contributed by atoms with Crippen LogP contribution < -0.4 is 0 Å². The van der Waals surface area contributed by atoms with Crippen molar-refractivity contribution >= 4 is 15.7 Å². The Bertz CT molecular complexity index is 629. The van der Waals surface area contributed by atoms with Crippen LogP contribution in [-0.2, 0) is 9.84 Å². The number of rotatable bonds is 2. The van der Waals surface area contributed by atoms with Gasteiger partial charge in [0, 0.05) is 24.9 Å². The van der Waals surface area contributed by atoms with Gasteiger partial charge in [0.15, 0.2) is 9.84 Å². The van der Waals surface area contributed by atoms with Gasteiger partial charge in [0.2, 0.25) is 0 Å². The van der Waals surface area contributed by atoms with Crippen molar-refractivity contribution in [3.63, 3.8) is 0 Å². The zero-order chi connectivity index (χ0) is 14.0. The molecule has 1 aliphatic rings. The highest BCUT2D eigenvalue weighted by Crippen LogP contribution is 2.18. The van der Waals surface area contributed by atoms with Crippen molar-refractivity contribution in [2.45, 2.75) is 11.7 Å². The molecule has 5 nitrogen and oxygen atoms in total. The third kappa shape index (κ3) is 2.93. The van der Waals surface area contributed by atoms with Crippen molar-refractivity contribution in [2.75, 3.05) is 19.3 Å². The van der Waals surface area contributed by atoms with E-state index in [1.807, 2.05) is 6.07 Å². The third-order valence-electron chi connectivity index (χ3n) is 3.30. The summed E-state index contributed by atoms with van der Waals surface area (Å²) in [5.41, 5.74) is 0.972. The van der Waals surface area contributed by atoms with E-state index in [2.05, 4.69) is 0 Å².